The molecule has 1 aliphatic heterocycles. The highest BCUT2D eigenvalue weighted by Gasteiger charge is 2.34. The summed E-state index contributed by atoms with van der Waals surface area (Å²) in [7, 11) is -4.01. The smallest absolute Gasteiger partial charge is 0.243 e. The Bertz CT molecular complexity index is 866. The molecular formula is C17H17FN2O3S. The number of benzene rings is 2. The molecule has 7 heteroatoms. The van der Waals surface area contributed by atoms with Gasteiger partial charge in [-0.05, 0) is 31.2 Å². The molecule has 1 amide bonds. The van der Waals surface area contributed by atoms with E-state index in [9.17, 15) is 17.6 Å². The number of hydrogen-bond donors (Lipinski definition) is 1. The van der Waals surface area contributed by atoms with Gasteiger partial charge in [-0.3, -0.25) is 4.79 Å². The highest BCUT2D eigenvalue weighted by atomic mass is 32.2. The van der Waals surface area contributed by atoms with Crippen LogP contribution in [0.15, 0.2) is 53.4 Å². The molecule has 5 nitrogen and oxygen atoms in total. The van der Waals surface area contributed by atoms with Gasteiger partial charge in [0.2, 0.25) is 15.9 Å². The highest BCUT2D eigenvalue weighted by molar-refractivity contribution is 7.89. The van der Waals surface area contributed by atoms with Gasteiger partial charge in [0.25, 0.3) is 0 Å². The van der Waals surface area contributed by atoms with Gasteiger partial charge in [-0.15, -0.1) is 0 Å². The minimum Gasteiger partial charge on any atom is -0.311 e. The molecule has 0 bridgehead atoms. The van der Waals surface area contributed by atoms with Crippen molar-refractivity contribution >= 4 is 21.6 Å². The average molecular weight is 348 g/mol. The maximum Gasteiger partial charge on any atom is 0.243 e. The molecule has 0 saturated carbocycles. The van der Waals surface area contributed by atoms with Gasteiger partial charge < -0.3 is 4.90 Å². The molecule has 0 unspecified atom stereocenters. The third-order valence-electron chi connectivity index (χ3n) is 3.92. The van der Waals surface area contributed by atoms with Crippen LogP contribution in [0, 0.1) is 12.7 Å². The molecule has 1 aliphatic rings. The van der Waals surface area contributed by atoms with Crippen molar-refractivity contribution in [3.05, 3.63) is 59.9 Å². The fourth-order valence-electron chi connectivity index (χ4n) is 2.71. The van der Waals surface area contributed by atoms with Gasteiger partial charge >= 0.3 is 0 Å². The van der Waals surface area contributed by atoms with E-state index in [1.165, 1.54) is 23.1 Å². The second kappa shape index (κ2) is 6.33. The number of nitrogens with one attached hydrogen (secondary N) is 1. The number of anilines is 1. The van der Waals surface area contributed by atoms with E-state index in [-0.39, 0.29) is 18.9 Å². The summed E-state index contributed by atoms with van der Waals surface area (Å²) >= 11 is 0. The quantitative estimate of drug-likeness (QED) is 0.921. The summed E-state index contributed by atoms with van der Waals surface area (Å²) in [6.07, 6.45) is 0.0432. The lowest BCUT2D eigenvalue weighted by Gasteiger charge is -2.17. The van der Waals surface area contributed by atoms with Crippen LogP contribution in [0.5, 0.6) is 0 Å². The van der Waals surface area contributed by atoms with E-state index >= 15 is 0 Å². The largest absolute Gasteiger partial charge is 0.311 e. The molecule has 1 fully saturated rings. The summed E-state index contributed by atoms with van der Waals surface area (Å²) in [5.41, 5.74) is 1.79. The van der Waals surface area contributed by atoms with Crippen molar-refractivity contribution in [2.24, 2.45) is 0 Å². The number of sulfonamides is 1. The van der Waals surface area contributed by atoms with Crippen LogP contribution in [0.25, 0.3) is 0 Å². The van der Waals surface area contributed by atoms with Crippen LogP contribution < -0.4 is 9.62 Å². The monoisotopic (exact) mass is 348 g/mol. The zero-order valence-corrected chi connectivity index (χ0v) is 13.9. The number of carbonyl (C=O) groups is 1. The summed E-state index contributed by atoms with van der Waals surface area (Å²) in [5.74, 6) is -0.982. The van der Waals surface area contributed by atoms with Crippen molar-refractivity contribution in [3.63, 3.8) is 0 Å². The number of rotatable bonds is 4. The zero-order chi connectivity index (χ0) is 17.3. The maximum absolute atomic E-state index is 13.7. The van der Waals surface area contributed by atoms with Gasteiger partial charge in [0.15, 0.2) is 0 Å². The van der Waals surface area contributed by atoms with Crippen molar-refractivity contribution in [2.45, 2.75) is 24.3 Å². The molecular weight excluding hydrogens is 331 g/mol. The second-order valence-corrected chi connectivity index (χ2v) is 7.48. The first-order chi connectivity index (χ1) is 11.4. The fourth-order valence-corrected chi connectivity index (χ4v) is 4.01. The SMILES string of the molecule is Cc1ccc(N2C[C@@H](NS(=O)(=O)c3ccccc3F)CC2=O)cc1. The minimum absolute atomic E-state index is 0.0432. The number of nitrogens with zero attached hydrogens (tertiary/aromatic N) is 1. The number of aryl methyl sites for hydroxylation is 1. The van der Waals surface area contributed by atoms with E-state index in [1.54, 1.807) is 0 Å². The van der Waals surface area contributed by atoms with E-state index in [0.29, 0.717) is 0 Å². The first-order valence-corrected chi connectivity index (χ1v) is 8.99. The standard InChI is InChI=1S/C17H17FN2O3S/c1-12-6-8-14(9-7-12)20-11-13(10-17(20)21)19-24(22,23)16-5-3-2-4-15(16)18/h2-9,13,19H,10-11H2,1H3/t13-/m0/s1. The Morgan fingerprint density at radius 1 is 1.12 bits per heavy atom. The molecule has 2 aromatic rings. The summed E-state index contributed by atoms with van der Waals surface area (Å²) in [5, 5.41) is 0. The van der Waals surface area contributed by atoms with Gasteiger partial charge in [0.05, 0.1) is 0 Å². The van der Waals surface area contributed by atoms with Crippen LogP contribution in [-0.4, -0.2) is 26.9 Å². The van der Waals surface area contributed by atoms with Crippen LogP contribution in [-0.2, 0) is 14.8 Å². The summed E-state index contributed by atoms with van der Waals surface area (Å²) in [4.78, 5) is 13.3. The molecule has 0 spiro atoms. The average Bonchev–Trinajstić information content (AvgIpc) is 2.88. The van der Waals surface area contributed by atoms with E-state index in [4.69, 9.17) is 0 Å². The molecule has 0 radical (unpaired) electrons. The zero-order valence-electron chi connectivity index (χ0n) is 13.1. The lowest BCUT2D eigenvalue weighted by atomic mass is 10.2. The van der Waals surface area contributed by atoms with E-state index in [1.807, 2.05) is 31.2 Å². The number of halogens is 1. The lowest BCUT2D eigenvalue weighted by molar-refractivity contribution is -0.117. The van der Waals surface area contributed by atoms with Crippen molar-refractivity contribution < 1.29 is 17.6 Å². The Hall–Kier alpha value is -2.25. The molecule has 1 N–H and O–H groups in total. The molecule has 1 heterocycles. The molecule has 24 heavy (non-hydrogen) atoms. The Labute approximate surface area is 140 Å². The summed E-state index contributed by atoms with van der Waals surface area (Å²) in [6, 6.07) is 12.0. The highest BCUT2D eigenvalue weighted by Crippen LogP contribution is 2.23. The summed E-state index contributed by atoms with van der Waals surface area (Å²) < 4.78 is 40.8. The van der Waals surface area contributed by atoms with Crippen molar-refractivity contribution in [1.82, 2.24) is 4.72 Å². The topological polar surface area (TPSA) is 66.5 Å². The Balaban J connectivity index is 1.77. The van der Waals surface area contributed by atoms with Crippen molar-refractivity contribution in [1.29, 1.82) is 0 Å². The van der Waals surface area contributed by atoms with Gasteiger partial charge in [-0.1, -0.05) is 29.8 Å². The molecule has 2 aromatic carbocycles. The van der Waals surface area contributed by atoms with Gasteiger partial charge in [0.1, 0.15) is 10.7 Å². The van der Waals surface area contributed by atoms with Gasteiger partial charge in [0, 0.05) is 24.7 Å². The van der Waals surface area contributed by atoms with E-state index < -0.39 is 26.8 Å². The third-order valence-corrected chi connectivity index (χ3v) is 5.47. The van der Waals surface area contributed by atoms with Crippen LogP contribution in [0.1, 0.15) is 12.0 Å². The normalized spacial score (nSPS) is 18.2. The van der Waals surface area contributed by atoms with Crippen molar-refractivity contribution in [2.75, 3.05) is 11.4 Å². The van der Waals surface area contributed by atoms with Gasteiger partial charge in [-0.2, -0.15) is 0 Å². The van der Waals surface area contributed by atoms with Crippen LogP contribution >= 0.6 is 0 Å². The van der Waals surface area contributed by atoms with Crippen LogP contribution in [0.3, 0.4) is 0 Å². The van der Waals surface area contributed by atoms with Crippen molar-refractivity contribution in [3.8, 4) is 0 Å². The van der Waals surface area contributed by atoms with E-state index in [2.05, 4.69) is 4.72 Å². The lowest BCUT2D eigenvalue weighted by Crippen LogP contribution is -2.37. The van der Waals surface area contributed by atoms with E-state index in [0.717, 1.165) is 17.3 Å². The molecule has 0 aliphatic carbocycles. The minimum atomic E-state index is -4.01. The van der Waals surface area contributed by atoms with Crippen LogP contribution in [0.4, 0.5) is 10.1 Å². The van der Waals surface area contributed by atoms with Crippen LogP contribution in [0.2, 0.25) is 0 Å². The molecule has 1 saturated heterocycles. The third kappa shape index (κ3) is 3.32. The first kappa shape index (κ1) is 16.6. The van der Waals surface area contributed by atoms with Gasteiger partial charge in [-0.25, -0.2) is 17.5 Å². The molecule has 1 atom stereocenters. The summed E-state index contributed by atoms with van der Waals surface area (Å²) in [6.45, 7) is 2.16. The fraction of sp³-hybridized carbons (Fsp3) is 0.235. The second-order valence-electron chi connectivity index (χ2n) is 5.79. The Morgan fingerprint density at radius 2 is 1.79 bits per heavy atom. The predicted octanol–water partition coefficient (Wildman–Crippen LogP) is 2.22. The first-order valence-electron chi connectivity index (χ1n) is 7.51. The number of carbonyl (C=O) groups excluding carboxylic acids is 1. The number of amides is 1. The number of hydrogen-bond acceptors (Lipinski definition) is 3. The Morgan fingerprint density at radius 3 is 2.46 bits per heavy atom. The molecule has 0 aromatic heterocycles. The Kier molecular flexibility index (Phi) is 4.38. The maximum atomic E-state index is 13.7. The molecule has 126 valence electrons. The molecule has 3 rings (SSSR count). The predicted molar refractivity (Wildman–Crippen MR) is 88.7 cm³/mol.